The van der Waals surface area contributed by atoms with E-state index in [1.54, 1.807) is 28.5 Å². The largest absolute Gasteiger partial charge is 0.495 e. The van der Waals surface area contributed by atoms with Gasteiger partial charge in [-0.1, -0.05) is 71.6 Å². The van der Waals surface area contributed by atoms with Crippen molar-refractivity contribution in [3.05, 3.63) is 64.7 Å². The maximum absolute atomic E-state index is 14.2. The Morgan fingerprint density at radius 2 is 1.92 bits per heavy atom. The number of carbonyl (C=O) groups is 2. The van der Waals surface area contributed by atoms with Gasteiger partial charge in [0.25, 0.3) is 5.91 Å². The van der Waals surface area contributed by atoms with E-state index in [0.717, 1.165) is 27.9 Å². The highest BCUT2D eigenvalue weighted by Gasteiger charge is 2.21. The van der Waals surface area contributed by atoms with Gasteiger partial charge in [-0.25, -0.2) is 4.39 Å². The summed E-state index contributed by atoms with van der Waals surface area (Å²) in [6.07, 6.45) is 0. The van der Waals surface area contributed by atoms with E-state index < -0.39 is 11.7 Å². The number of halogens is 2. The third-order valence-corrected chi connectivity index (χ3v) is 7.97. The number of rotatable bonds is 11. The standard InChI is InChI=1S/C23H21ClFN7O3S3/c1-3-36-23-31-29-21(38-23)27-18(33)12-37-22-30-28-17(32(22)15-9-4-5-10-16(15)35-2)11-26-20(34)19-13(24)7-6-8-14(19)25/h4-10H,3,11-12H2,1-2H3,(H,26,34)(H,27,29,33). The number of thioether (sulfide) groups is 2. The zero-order valence-electron chi connectivity index (χ0n) is 20.1. The van der Waals surface area contributed by atoms with Crippen LogP contribution in [0.2, 0.25) is 5.02 Å². The molecule has 0 saturated heterocycles. The van der Waals surface area contributed by atoms with E-state index in [1.165, 1.54) is 30.6 Å². The van der Waals surface area contributed by atoms with Crippen LogP contribution in [0.4, 0.5) is 9.52 Å². The maximum Gasteiger partial charge on any atom is 0.256 e. The van der Waals surface area contributed by atoms with E-state index in [4.69, 9.17) is 16.3 Å². The molecule has 38 heavy (non-hydrogen) atoms. The van der Waals surface area contributed by atoms with Gasteiger partial charge in [0.1, 0.15) is 11.6 Å². The first kappa shape index (κ1) is 27.8. The minimum absolute atomic E-state index is 0.00760. The van der Waals surface area contributed by atoms with Gasteiger partial charge < -0.3 is 10.1 Å². The van der Waals surface area contributed by atoms with Crippen LogP contribution in [0.1, 0.15) is 23.1 Å². The summed E-state index contributed by atoms with van der Waals surface area (Å²) in [5, 5.41) is 22.6. The summed E-state index contributed by atoms with van der Waals surface area (Å²) >= 11 is 10.0. The number of benzene rings is 2. The Bertz CT molecular complexity index is 1430. The minimum atomic E-state index is -0.737. The zero-order chi connectivity index (χ0) is 27.1. The Balaban J connectivity index is 1.53. The molecular formula is C23H21ClFN7O3S3. The van der Waals surface area contributed by atoms with Crippen LogP contribution in [-0.4, -0.2) is 55.4 Å². The van der Waals surface area contributed by atoms with Gasteiger partial charge in [0, 0.05) is 0 Å². The SMILES string of the molecule is CCSc1nnc(NC(=O)CSc2nnc(CNC(=O)c3c(F)cccc3Cl)n2-c2ccccc2OC)s1. The van der Waals surface area contributed by atoms with Gasteiger partial charge in [0.05, 0.1) is 35.7 Å². The predicted molar refractivity (Wildman–Crippen MR) is 146 cm³/mol. The molecule has 2 aromatic carbocycles. The third-order valence-electron chi connectivity index (χ3n) is 4.88. The van der Waals surface area contributed by atoms with E-state index >= 15 is 0 Å². The van der Waals surface area contributed by atoms with Crippen molar-refractivity contribution in [2.45, 2.75) is 23.0 Å². The maximum atomic E-state index is 14.2. The summed E-state index contributed by atoms with van der Waals surface area (Å²) in [7, 11) is 1.53. The zero-order valence-corrected chi connectivity index (χ0v) is 23.3. The number of hydrogen-bond donors (Lipinski definition) is 2. The fourth-order valence-electron chi connectivity index (χ4n) is 3.25. The van der Waals surface area contributed by atoms with Crippen LogP contribution in [-0.2, 0) is 11.3 Å². The van der Waals surface area contributed by atoms with Crippen LogP contribution in [0, 0.1) is 5.82 Å². The lowest BCUT2D eigenvalue weighted by Gasteiger charge is -2.14. The molecule has 2 amide bonds. The number of hydrogen-bond acceptors (Lipinski definition) is 10. The Hall–Kier alpha value is -3.20. The first-order valence-corrected chi connectivity index (χ1v) is 14.3. The molecule has 2 heterocycles. The molecule has 4 rings (SSSR count). The highest BCUT2D eigenvalue weighted by atomic mass is 35.5. The van der Waals surface area contributed by atoms with Crippen molar-refractivity contribution in [1.82, 2.24) is 30.3 Å². The fourth-order valence-corrected chi connectivity index (χ4v) is 5.93. The second kappa shape index (κ2) is 13.0. The Morgan fingerprint density at radius 3 is 2.68 bits per heavy atom. The molecule has 0 atom stereocenters. The quantitative estimate of drug-likeness (QED) is 0.188. The van der Waals surface area contributed by atoms with Crippen LogP contribution in [0.5, 0.6) is 5.75 Å². The van der Waals surface area contributed by atoms with Crippen molar-refractivity contribution in [3.63, 3.8) is 0 Å². The molecule has 2 N–H and O–H groups in total. The van der Waals surface area contributed by atoms with Crippen molar-refractivity contribution < 1.29 is 18.7 Å². The number of nitrogens with zero attached hydrogens (tertiary/aromatic N) is 5. The van der Waals surface area contributed by atoms with Crippen molar-refractivity contribution >= 4 is 63.4 Å². The summed E-state index contributed by atoms with van der Waals surface area (Å²) in [6.45, 7) is 1.91. The molecule has 0 aliphatic heterocycles. The monoisotopic (exact) mass is 593 g/mol. The average Bonchev–Trinajstić information content (AvgIpc) is 3.52. The Kier molecular flexibility index (Phi) is 9.55. The smallest absolute Gasteiger partial charge is 0.256 e. The predicted octanol–water partition coefficient (Wildman–Crippen LogP) is 4.69. The molecule has 0 unspecified atom stereocenters. The molecule has 0 spiro atoms. The number of anilines is 1. The van der Waals surface area contributed by atoms with E-state index in [-0.39, 0.29) is 28.8 Å². The van der Waals surface area contributed by atoms with Gasteiger partial charge in [-0.3, -0.25) is 19.5 Å². The lowest BCUT2D eigenvalue weighted by molar-refractivity contribution is -0.113. The molecule has 0 bridgehead atoms. The van der Waals surface area contributed by atoms with E-state index in [2.05, 4.69) is 31.0 Å². The molecule has 4 aromatic rings. The van der Waals surface area contributed by atoms with Crippen LogP contribution in [0.3, 0.4) is 0 Å². The lowest BCUT2D eigenvalue weighted by Crippen LogP contribution is -2.26. The second-order valence-electron chi connectivity index (χ2n) is 7.33. The highest BCUT2D eigenvalue weighted by molar-refractivity contribution is 8.01. The number of ether oxygens (including phenoxy) is 1. The molecule has 0 aliphatic carbocycles. The van der Waals surface area contributed by atoms with Gasteiger partial charge in [0.2, 0.25) is 11.0 Å². The fraction of sp³-hybridized carbons (Fsp3) is 0.217. The summed E-state index contributed by atoms with van der Waals surface area (Å²) in [5.74, 6) is 0.000692. The molecule has 0 saturated carbocycles. The highest BCUT2D eigenvalue weighted by Crippen LogP contribution is 2.29. The average molecular weight is 594 g/mol. The molecule has 15 heteroatoms. The molecule has 10 nitrogen and oxygen atoms in total. The number of nitrogens with one attached hydrogen (secondary N) is 2. The van der Waals surface area contributed by atoms with Crippen LogP contribution in [0.15, 0.2) is 52.0 Å². The lowest BCUT2D eigenvalue weighted by atomic mass is 10.2. The first-order valence-electron chi connectivity index (χ1n) is 11.1. The number of para-hydroxylation sites is 2. The second-order valence-corrected chi connectivity index (χ2v) is 11.2. The number of methoxy groups -OCH3 is 1. The van der Waals surface area contributed by atoms with E-state index in [9.17, 15) is 14.0 Å². The van der Waals surface area contributed by atoms with Gasteiger partial charge >= 0.3 is 0 Å². The Labute approximate surface area is 234 Å². The minimum Gasteiger partial charge on any atom is -0.495 e. The van der Waals surface area contributed by atoms with Gasteiger partial charge in [-0.05, 0) is 30.0 Å². The topological polar surface area (TPSA) is 124 Å². The summed E-state index contributed by atoms with van der Waals surface area (Å²) in [5.41, 5.74) is 0.336. The number of amides is 2. The van der Waals surface area contributed by atoms with Crippen LogP contribution in [0.25, 0.3) is 5.69 Å². The summed E-state index contributed by atoms with van der Waals surface area (Å²) in [4.78, 5) is 25.3. The molecule has 0 aliphatic rings. The molecule has 0 radical (unpaired) electrons. The van der Waals surface area contributed by atoms with Gasteiger partial charge in [0.15, 0.2) is 15.3 Å². The normalized spacial score (nSPS) is 10.8. The van der Waals surface area contributed by atoms with E-state index in [0.29, 0.717) is 27.5 Å². The van der Waals surface area contributed by atoms with Crippen molar-refractivity contribution in [3.8, 4) is 11.4 Å². The first-order chi connectivity index (χ1) is 18.4. The summed E-state index contributed by atoms with van der Waals surface area (Å²) in [6, 6.07) is 11.2. The van der Waals surface area contributed by atoms with Crippen LogP contribution < -0.4 is 15.4 Å². The number of carbonyl (C=O) groups excluding carboxylic acids is 2. The molecule has 198 valence electrons. The number of aromatic nitrogens is 5. The third kappa shape index (κ3) is 6.62. The van der Waals surface area contributed by atoms with Crippen LogP contribution >= 0.6 is 46.5 Å². The van der Waals surface area contributed by atoms with Gasteiger partial charge in [-0.2, -0.15) is 0 Å². The molecule has 2 aromatic heterocycles. The molecule has 0 fully saturated rings. The Morgan fingerprint density at radius 1 is 1.11 bits per heavy atom. The van der Waals surface area contributed by atoms with Crippen molar-refractivity contribution in [1.29, 1.82) is 0 Å². The summed E-state index contributed by atoms with van der Waals surface area (Å²) < 4.78 is 22.1. The van der Waals surface area contributed by atoms with Crippen molar-refractivity contribution in [2.24, 2.45) is 0 Å². The van der Waals surface area contributed by atoms with Gasteiger partial charge in [-0.15, -0.1) is 20.4 Å². The molecular weight excluding hydrogens is 573 g/mol. The van der Waals surface area contributed by atoms with E-state index in [1.807, 2.05) is 19.1 Å². The van der Waals surface area contributed by atoms with Crippen molar-refractivity contribution in [2.75, 3.05) is 23.9 Å².